The van der Waals surface area contributed by atoms with Gasteiger partial charge in [-0.15, -0.1) is 11.3 Å². The number of benzene rings is 1. The predicted octanol–water partition coefficient (Wildman–Crippen LogP) is 6.55. The Bertz CT molecular complexity index is 536. The molecule has 0 amide bonds. The molecule has 6 heteroatoms. The molecule has 0 fully saturated rings. The lowest BCUT2D eigenvalue weighted by atomic mass is 10.1. The standard InChI is InChI=1S/C11H5Br3ClFS/c12-6-2-1-5(3-8(6)16)10(14)9-4-7(13)11(15)17-9/h1-4,10H. The zero-order valence-electron chi connectivity index (χ0n) is 8.18. The summed E-state index contributed by atoms with van der Waals surface area (Å²) < 4.78 is 15.5. The quantitative estimate of drug-likeness (QED) is 0.443. The van der Waals surface area contributed by atoms with Gasteiger partial charge in [0.05, 0.1) is 9.30 Å². The fourth-order valence-electron chi connectivity index (χ4n) is 1.32. The van der Waals surface area contributed by atoms with Gasteiger partial charge in [0.25, 0.3) is 0 Å². The summed E-state index contributed by atoms with van der Waals surface area (Å²) in [4.78, 5) is 0.975. The van der Waals surface area contributed by atoms with Crippen molar-refractivity contribution in [3.63, 3.8) is 0 Å². The van der Waals surface area contributed by atoms with Crippen LogP contribution >= 0.6 is 70.7 Å². The van der Waals surface area contributed by atoms with Crippen molar-refractivity contribution < 1.29 is 4.39 Å². The van der Waals surface area contributed by atoms with Crippen LogP contribution in [0.1, 0.15) is 15.3 Å². The highest BCUT2D eigenvalue weighted by atomic mass is 79.9. The van der Waals surface area contributed by atoms with Crippen LogP contribution < -0.4 is 0 Å². The van der Waals surface area contributed by atoms with Crippen LogP contribution in [0.15, 0.2) is 33.2 Å². The van der Waals surface area contributed by atoms with E-state index in [9.17, 15) is 4.39 Å². The zero-order valence-corrected chi connectivity index (χ0v) is 14.5. The summed E-state index contributed by atoms with van der Waals surface area (Å²) in [7, 11) is 0. The average molecular weight is 463 g/mol. The summed E-state index contributed by atoms with van der Waals surface area (Å²) >= 11 is 17.5. The molecule has 0 saturated carbocycles. The number of halogens is 5. The van der Waals surface area contributed by atoms with E-state index in [1.165, 1.54) is 17.4 Å². The van der Waals surface area contributed by atoms with E-state index < -0.39 is 0 Å². The third-order valence-corrected chi connectivity index (χ3v) is 6.66. The minimum atomic E-state index is -0.270. The van der Waals surface area contributed by atoms with Gasteiger partial charge in [0, 0.05) is 9.35 Å². The van der Waals surface area contributed by atoms with Crippen LogP contribution in [-0.2, 0) is 0 Å². The number of rotatable bonds is 2. The van der Waals surface area contributed by atoms with Crippen molar-refractivity contribution >= 4 is 70.7 Å². The Hall–Kier alpha value is 0.580. The number of hydrogen-bond donors (Lipinski definition) is 0. The molecule has 0 radical (unpaired) electrons. The van der Waals surface area contributed by atoms with Crippen LogP contribution in [0.5, 0.6) is 0 Å². The van der Waals surface area contributed by atoms with Crippen LogP contribution in [0.2, 0.25) is 4.34 Å². The summed E-state index contributed by atoms with van der Waals surface area (Å²) in [5.41, 5.74) is 0.858. The maximum Gasteiger partial charge on any atom is 0.137 e. The van der Waals surface area contributed by atoms with Crippen LogP contribution in [0.4, 0.5) is 4.39 Å². The van der Waals surface area contributed by atoms with Gasteiger partial charge >= 0.3 is 0 Å². The van der Waals surface area contributed by atoms with E-state index >= 15 is 0 Å². The lowest BCUT2D eigenvalue weighted by molar-refractivity contribution is 0.619. The van der Waals surface area contributed by atoms with Gasteiger partial charge in [0.15, 0.2) is 0 Å². The van der Waals surface area contributed by atoms with Gasteiger partial charge in [-0.1, -0.05) is 33.6 Å². The lowest BCUT2D eigenvalue weighted by Gasteiger charge is -2.08. The molecule has 90 valence electrons. The van der Waals surface area contributed by atoms with Crippen molar-refractivity contribution in [2.75, 3.05) is 0 Å². The first kappa shape index (κ1) is 14.0. The summed E-state index contributed by atoms with van der Waals surface area (Å²) in [6, 6.07) is 7.01. The van der Waals surface area contributed by atoms with Crippen LogP contribution in [0.3, 0.4) is 0 Å². The SMILES string of the molecule is Fc1cc(C(Br)c2cc(Br)c(Cl)s2)ccc1Br. The average Bonchev–Trinajstić information content (AvgIpc) is 2.62. The van der Waals surface area contributed by atoms with Gasteiger partial charge in [-0.05, 0) is 55.6 Å². The first-order valence-corrected chi connectivity index (χ1v) is 8.22. The Balaban J connectivity index is 2.36. The smallest absolute Gasteiger partial charge is 0.137 e. The maximum absolute atomic E-state index is 13.4. The topological polar surface area (TPSA) is 0 Å². The predicted molar refractivity (Wildman–Crippen MR) is 81.9 cm³/mol. The third-order valence-electron chi connectivity index (χ3n) is 2.15. The fourth-order valence-corrected chi connectivity index (χ4v) is 4.01. The van der Waals surface area contributed by atoms with E-state index in [1.807, 2.05) is 12.1 Å². The van der Waals surface area contributed by atoms with Crippen molar-refractivity contribution in [1.82, 2.24) is 0 Å². The fraction of sp³-hybridized carbons (Fsp3) is 0.0909. The molecule has 1 heterocycles. The molecule has 0 aliphatic carbocycles. The van der Waals surface area contributed by atoms with Crippen molar-refractivity contribution in [3.05, 3.63) is 53.8 Å². The molecule has 0 saturated heterocycles. The number of thiophene rings is 1. The Morgan fingerprint density at radius 2 is 1.88 bits per heavy atom. The van der Waals surface area contributed by atoms with Gasteiger partial charge in [-0.2, -0.15) is 0 Å². The zero-order chi connectivity index (χ0) is 12.6. The van der Waals surface area contributed by atoms with Crippen molar-refractivity contribution in [2.45, 2.75) is 4.83 Å². The molecule has 17 heavy (non-hydrogen) atoms. The van der Waals surface area contributed by atoms with E-state index in [0.717, 1.165) is 14.9 Å². The first-order valence-electron chi connectivity index (χ1n) is 4.53. The molecule has 0 nitrogen and oxygen atoms in total. The molecule has 1 unspecified atom stereocenters. The summed E-state index contributed by atoms with van der Waals surface area (Å²) in [5.74, 6) is -0.270. The number of hydrogen-bond acceptors (Lipinski definition) is 1. The molecule has 0 bridgehead atoms. The van der Waals surface area contributed by atoms with E-state index in [-0.39, 0.29) is 10.6 Å². The minimum absolute atomic E-state index is 0.0566. The second-order valence-electron chi connectivity index (χ2n) is 3.31. The first-order chi connectivity index (χ1) is 7.99. The maximum atomic E-state index is 13.4. The molecular formula is C11H5Br3ClFS. The van der Waals surface area contributed by atoms with Gasteiger partial charge in [-0.3, -0.25) is 0 Å². The lowest BCUT2D eigenvalue weighted by Crippen LogP contribution is -1.91. The van der Waals surface area contributed by atoms with Crippen molar-refractivity contribution in [2.24, 2.45) is 0 Å². The highest BCUT2D eigenvalue weighted by molar-refractivity contribution is 9.11. The molecule has 2 aromatic rings. The second-order valence-corrected chi connectivity index (χ2v) is 7.62. The Kier molecular flexibility index (Phi) is 4.69. The van der Waals surface area contributed by atoms with Crippen LogP contribution in [0, 0.1) is 5.82 Å². The molecule has 2 rings (SSSR count). The molecule has 0 spiro atoms. The Morgan fingerprint density at radius 1 is 1.18 bits per heavy atom. The van der Waals surface area contributed by atoms with Crippen molar-refractivity contribution in [3.8, 4) is 0 Å². The highest BCUT2D eigenvalue weighted by Crippen LogP contribution is 2.41. The molecule has 0 N–H and O–H groups in total. The largest absolute Gasteiger partial charge is 0.206 e. The molecule has 1 aromatic carbocycles. The van der Waals surface area contributed by atoms with Gasteiger partial charge in [-0.25, -0.2) is 4.39 Å². The van der Waals surface area contributed by atoms with Crippen molar-refractivity contribution in [1.29, 1.82) is 0 Å². The minimum Gasteiger partial charge on any atom is -0.206 e. The van der Waals surface area contributed by atoms with Crippen LogP contribution in [-0.4, -0.2) is 0 Å². The van der Waals surface area contributed by atoms with E-state index in [2.05, 4.69) is 47.8 Å². The molecule has 1 atom stereocenters. The van der Waals surface area contributed by atoms with E-state index in [0.29, 0.717) is 8.81 Å². The molecule has 1 aromatic heterocycles. The van der Waals surface area contributed by atoms with Gasteiger partial charge < -0.3 is 0 Å². The summed E-state index contributed by atoms with van der Waals surface area (Å²) in [6.07, 6.45) is 0. The third kappa shape index (κ3) is 3.13. The normalized spacial score (nSPS) is 12.8. The second kappa shape index (κ2) is 5.70. The van der Waals surface area contributed by atoms with E-state index in [4.69, 9.17) is 11.6 Å². The van der Waals surface area contributed by atoms with Gasteiger partial charge in [0.1, 0.15) is 10.2 Å². The monoisotopic (exact) mass is 460 g/mol. The van der Waals surface area contributed by atoms with Gasteiger partial charge in [0.2, 0.25) is 0 Å². The highest BCUT2D eigenvalue weighted by Gasteiger charge is 2.16. The molecule has 0 aliphatic rings. The Labute approximate surface area is 133 Å². The number of alkyl halides is 1. The van der Waals surface area contributed by atoms with Crippen LogP contribution in [0.25, 0.3) is 0 Å². The Morgan fingerprint density at radius 3 is 2.41 bits per heavy atom. The summed E-state index contributed by atoms with van der Waals surface area (Å²) in [5, 5.41) is 0. The molecule has 0 aliphatic heterocycles. The molecular weight excluding hydrogens is 458 g/mol. The van der Waals surface area contributed by atoms with E-state index in [1.54, 1.807) is 6.07 Å². The summed E-state index contributed by atoms with van der Waals surface area (Å²) in [6.45, 7) is 0.